The molecule has 21 heavy (non-hydrogen) atoms. The van der Waals surface area contributed by atoms with Crippen LogP contribution < -0.4 is 0 Å². The Morgan fingerprint density at radius 2 is 2.05 bits per heavy atom. The van der Waals surface area contributed by atoms with Crippen LogP contribution in [0.4, 0.5) is 0 Å². The van der Waals surface area contributed by atoms with Gasteiger partial charge in [-0.15, -0.1) is 11.3 Å². The quantitative estimate of drug-likeness (QED) is 0.754. The van der Waals surface area contributed by atoms with Crippen molar-refractivity contribution in [2.45, 2.75) is 6.54 Å². The fourth-order valence-electron chi connectivity index (χ4n) is 2.10. The largest absolute Gasteiger partial charge is 0.384 e. The molecule has 0 bridgehead atoms. The van der Waals surface area contributed by atoms with E-state index in [0.717, 1.165) is 17.9 Å². The molecule has 2 aromatic heterocycles. The lowest BCUT2D eigenvalue weighted by Gasteiger charge is -2.07. The van der Waals surface area contributed by atoms with Crippen molar-refractivity contribution in [3.05, 3.63) is 65.3 Å². The smallest absolute Gasteiger partial charge is 0.150 e. The van der Waals surface area contributed by atoms with Crippen molar-refractivity contribution < 1.29 is 5.11 Å². The fraction of sp³-hybridized carbons (Fsp3) is 0.118. The highest BCUT2D eigenvalue weighted by atomic mass is 32.1. The van der Waals surface area contributed by atoms with E-state index in [1.54, 1.807) is 11.3 Å². The van der Waals surface area contributed by atoms with Gasteiger partial charge in [0.15, 0.2) is 0 Å². The standard InChI is InChI=1S/C17H14N2OS/c20-11-1-3-14-5-7-15(8-6-14)13-19-10-9-18-17(19)16-4-2-12-21-16/h2,4-10,12,20H,11,13H2. The van der Waals surface area contributed by atoms with Crippen LogP contribution in [-0.4, -0.2) is 21.3 Å². The number of aromatic nitrogens is 2. The molecule has 0 aliphatic carbocycles. The van der Waals surface area contributed by atoms with Crippen LogP contribution >= 0.6 is 11.3 Å². The number of aliphatic hydroxyl groups excluding tert-OH is 1. The molecule has 2 heterocycles. The maximum Gasteiger partial charge on any atom is 0.150 e. The fourth-order valence-corrected chi connectivity index (χ4v) is 2.84. The van der Waals surface area contributed by atoms with E-state index < -0.39 is 0 Å². The highest BCUT2D eigenvalue weighted by Gasteiger charge is 2.07. The van der Waals surface area contributed by atoms with Crippen LogP contribution in [0, 0.1) is 11.8 Å². The van der Waals surface area contributed by atoms with Gasteiger partial charge in [0.05, 0.1) is 4.88 Å². The van der Waals surface area contributed by atoms with Gasteiger partial charge in [-0.2, -0.15) is 0 Å². The van der Waals surface area contributed by atoms with Gasteiger partial charge in [0, 0.05) is 24.5 Å². The van der Waals surface area contributed by atoms with Gasteiger partial charge in [-0.25, -0.2) is 4.98 Å². The van der Waals surface area contributed by atoms with Crippen molar-refractivity contribution in [1.29, 1.82) is 0 Å². The predicted octanol–water partition coefficient (Wildman–Crippen LogP) is 3.00. The maximum absolute atomic E-state index is 8.69. The summed E-state index contributed by atoms with van der Waals surface area (Å²) in [5, 5.41) is 10.7. The molecular formula is C17H14N2OS. The minimum absolute atomic E-state index is 0.110. The van der Waals surface area contributed by atoms with Crippen molar-refractivity contribution in [3.63, 3.8) is 0 Å². The molecule has 1 aromatic carbocycles. The molecule has 0 aliphatic heterocycles. The van der Waals surface area contributed by atoms with E-state index in [0.29, 0.717) is 0 Å². The number of nitrogens with zero attached hydrogens (tertiary/aromatic N) is 2. The van der Waals surface area contributed by atoms with Crippen LogP contribution in [0.25, 0.3) is 10.7 Å². The third-order valence-corrected chi connectivity index (χ3v) is 3.94. The van der Waals surface area contributed by atoms with Crippen LogP contribution in [0.3, 0.4) is 0 Å². The third-order valence-electron chi connectivity index (χ3n) is 3.08. The zero-order valence-corrected chi connectivity index (χ0v) is 12.2. The summed E-state index contributed by atoms with van der Waals surface area (Å²) in [6.07, 6.45) is 3.82. The van der Waals surface area contributed by atoms with Crippen molar-refractivity contribution in [2.75, 3.05) is 6.61 Å². The molecule has 0 aliphatic rings. The Hall–Kier alpha value is -2.35. The first-order chi connectivity index (χ1) is 10.4. The van der Waals surface area contributed by atoms with Crippen molar-refractivity contribution in [3.8, 4) is 22.5 Å². The van der Waals surface area contributed by atoms with Crippen molar-refractivity contribution in [2.24, 2.45) is 0 Å². The van der Waals surface area contributed by atoms with E-state index in [-0.39, 0.29) is 6.61 Å². The van der Waals surface area contributed by atoms with Gasteiger partial charge in [0.2, 0.25) is 0 Å². The Bertz CT molecular complexity index is 761. The normalized spacial score (nSPS) is 10.1. The summed E-state index contributed by atoms with van der Waals surface area (Å²) in [6, 6.07) is 12.2. The van der Waals surface area contributed by atoms with Crippen molar-refractivity contribution >= 4 is 11.3 Å². The molecule has 0 amide bonds. The van der Waals surface area contributed by atoms with E-state index in [9.17, 15) is 0 Å². The van der Waals surface area contributed by atoms with E-state index in [1.807, 2.05) is 30.6 Å². The summed E-state index contributed by atoms with van der Waals surface area (Å²) >= 11 is 1.69. The first-order valence-corrected chi connectivity index (χ1v) is 7.48. The van der Waals surface area contributed by atoms with Gasteiger partial charge >= 0.3 is 0 Å². The lowest BCUT2D eigenvalue weighted by Crippen LogP contribution is -2.00. The summed E-state index contributed by atoms with van der Waals surface area (Å²) in [6.45, 7) is 0.669. The van der Waals surface area contributed by atoms with E-state index in [2.05, 4.69) is 45.0 Å². The number of aliphatic hydroxyl groups is 1. The Kier molecular flexibility index (Phi) is 4.15. The predicted molar refractivity (Wildman–Crippen MR) is 85.0 cm³/mol. The van der Waals surface area contributed by atoms with Crippen LogP contribution in [0.15, 0.2) is 54.2 Å². The van der Waals surface area contributed by atoms with Gasteiger partial charge in [-0.1, -0.05) is 30.0 Å². The Labute approximate surface area is 127 Å². The molecule has 4 heteroatoms. The van der Waals surface area contributed by atoms with E-state index in [4.69, 9.17) is 5.11 Å². The lowest BCUT2D eigenvalue weighted by atomic mass is 10.1. The number of thiophene rings is 1. The summed E-state index contributed by atoms with van der Waals surface area (Å²) in [5.41, 5.74) is 2.11. The molecular weight excluding hydrogens is 280 g/mol. The molecule has 0 unspecified atom stereocenters. The first kappa shape index (κ1) is 13.6. The van der Waals surface area contributed by atoms with Crippen molar-refractivity contribution in [1.82, 2.24) is 9.55 Å². The Morgan fingerprint density at radius 3 is 2.76 bits per heavy atom. The number of hydrogen-bond acceptors (Lipinski definition) is 3. The zero-order valence-electron chi connectivity index (χ0n) is 11.4. The summed E-state index contributed by atoms with van der Waals surface area (Å²) in [4.78, 5) is 5.61. The SMILES string of the molecule is OCC#Cc1ccc(Cn2ccnc2-c2cccs2)cc1. The van der Waals surface area contributed by atoms with Crippen LogP contribution in [-0.2, 0) is 6.54 Å². The monoisotopic (exact) mass is 294 g/mol. The second-order valence-electron chi connectivity index (χ2n) is 4.51. The molecule has 0 saturated heterocycles. The number of hydrogen-bond donors (Lipinski definition) is 1. The zero-order chi connectivity index (χ0) is 14.5. The minimum Gasteiger partial charge on any atom is -0.384 e. The molecule has 1 N–H and O–H groups in total. The molecule has 0 spiro atoms. The first-order valence-electron chi connectivity index (χ1n) is 6.60. The molecule has 104 valence electrons. The maximum atomic E-state index is 8.69. The Morgan fingerprint density at radius 1 is 1.19 bits per heavy atom. The third kappa shape index (κ3) is 3.22. The molecule has 3 rings (SSSR count). The number of benzene rings is 1. The highest BCUT2D eigenvalue weighted by Crippen LogP contribution is 2.23. The number of imidazole rings is 1. The molecule has 0 atom stereocenters. The molecule has 0 radical (unpaired) electrons. The molecule has 0 fully saturated rings. The van der Waals surface area contributed by atoms with Gasteiger partial charge in [0.1, 0.15) is 12.4 Å². The molecule has 3 nitrogen and oxygen atoms in total. The van der Waals surface area contributed by atoms with E-state index >= 15 is 0 Å². The number of rotatable bonds is 3. The average molecular weight is 294 g/mol. The summed E-state index contributed by atoms with van der Waals surface area (Å²) in [7, 11) is 0. The van der Waals surface area contributed by atoms with Gasteiger partial charge in [-0.05, 0) is 29.1 Å². The molecule has 3 aromatic rings. The minimum atomic E-state index is -0.110. The van der Waals surface area contributed by atoms with Gasteiger partial charge in [-0.3, -0.25) is 0 Å². The van der Waals surface area contributed by atoms with Crippen LogP contribution in [0.2, 0.25) is 0 Å². The second kappa shape index (κ2) is 6.40. The summed E-state index contributed by atoms with van der Waals surface area (Å²) in [5.74, 6) is 6.54. The lowest BCUT2D eigenvalue weighted by molar-refractivity contribution is 0.350. The highest BCUT2D eigenvalue weighted by molar-refractivity contribution is 7.13. The van der Waals surface area contributed by atoms with E-state index in [1.165, 1.54) is 10.4 Å². The topological polar surface area (TPSA) is 38.0 Å². The van der Waals surface area contributed by atoms with Crippen LogP contribution in [0.5, 0.6) is 0 Å². The average Bonchev–Trinajstić information content (AvgIpc) is 3.17. The molecule has 0 saturated carbocycles. The van der Waals surface area contributed by atoms with Gasteiger partial charge < -0.3 is 9.67 Å². The second-order valence-corrected chi connectivity index (χ2v) is 5.46. The Balaban J connectivity index is 1.80. The van der Waals surface area contributed by atoms with Gasteiger partial charge in [0.25, 0.3) is 0 Å². The van der Waals surface area contributed by atoms with Crippen LogP contribution in [0.1, 0.15) is 11.1 Å². The summed E-state index contributed by atoms with van der Waals surface area (Å²) < 4.78 is 2.14.